The van der Waals surface area contributed by atoms with Gasteiger partial charge in [-0.1, -0.05) is 48.0 Å². The Balaban J connectivity index is 1.86. The quantitative estimate of drug-likeness (QED) is 0.657. The van der Waals surface area contributed by atoms with Gasteiger partial charge in [0.25, 0.3) is 0 Å². The maximum absolute atomic E-state index is 12.0. The van der Waals surface area contributed by atoms with Crippen molar-refractivity contribution in [3.63, 3.8) is 0 Å². The number of amides is 1. The van der Waals surface area contributed by atoms with Crippen LogP contribution in [0.2, 0.25) is 0 Å². The number of Topliss-reactive ketones (excluding diaryl/α,β-unsaturated/α-hetero) is 2. The number of hydrogen-bond donors (Lipinski definition) is 1. The van der Waals surface area contributed by atoms with Gasteiger partial charge >= 0.3 is 0 Å². The molecule has 0 radical (unpaired) electrons. The molecule has 2 aromatic carbocycles. The van der Waals surface area contributed by atoms with Gasteiger partial charge in [-0.05, 0) is 19.1 Å². The number of aryl methyl sites for hydroxylation is 1. The van der Waals surface area contributed by atoms with Crippen LogP contribution < -0.4 is 5.32 Å². The van der Waals surface area contributed by atoms with E-state index in [4.69, 9.17) is 0 Å². The predicted molar refractivity (Wildman–Crippen MR) is 84.8 cm³/mol. The van der Waals surface area contributed by atoms with Gasteiger partial charge in [0, 0.05) is 11.3 Å². The number of para-hydroxylation sites is 1. The average molecular weight is 295 g/mol. The van der Waals surface area contributed by atoms with Crippen LogP contribution in [0.4, 0.5) is 5.69 Å². The molecule has 2 aromatic rings. The van der Waals surface area contributed by atoms with Crippen LogP contribution in [0.5, 0.6) is 0 Å². The first kappa shape index (κ1) is 15.6. The van der Waals surface area contributed by atoms with E-state index in [-0.39, 0.29) is 24.4 Å². The Kier molecular flexibility index (Phi) is 5.20. The van der Waals surface area contributed by atoms with Crippen LogP contribution in [0.1, 0.15) is 28.8 Å². The van der Waals surface area contributed by atoms with Gasteiger partial charge in [-0.25, -0.2) is 0 Å². The van der Waals surface area contributed by atoms with Crippen molar-refractivity contribution in [1.29, 1.82) is 0 Å². The van der Waals surface area contributed by atoms with E-state index in [2.05, 4.69) is 5.32 Å². The van der Waals surface area contributed by atoms with Crippen molar-refractivity contribution in [3.05, 3.63) is 65.7 Å². The van der Waals surface area contributed by atoms with Crippen molar-refractivity contribution in [2.75, 3.05) is 5.32 Å². The minimum absolute atomic E-state index is 0.259. The molecule has 0 bridgehead atoms. The van der Waals surface area contributed by atoms with Crippen LogP contribution in [-0.4, -0.2) is 17.5 Å². The fourth-order valence-corrected chi connectivity index (χ4v) is 1.99. The molecule has 0 saturated heterocycles. The molecule has 0 saturated carbocycles. The molecule has 0 aliphatic carbocycles. The lowest BCUT2D eigenvalue weighted by atomic mass is 10.0. The Hall–Kier alpha value is -2.75. The topological polar surface area (TPSA) is 63.2 Å². The highest BCUT2D eigenvalue weighted by Gasteiger charge is 2.15. The Morgan fingerprint density at radius 1 is 0.864 bits per heavy atom. The largest absolute Gasteiger partial charge is 0.326 e. The molecule has 1 N–H and O–H groups in total. The molecule has 0 heterocycles. The van der Waals surface area contributed by atoms with Gasteiger partial charge in [-0.2, -0.15) is 0 Å². The smallest absolute Gasteiger partial charge is 0.231 e. The molecule has 0 atom stereocenters. The maximum atomic E-state index is 12.0. The normalized spacial score (nSPS) is 10.0. The minimum Gasteiger partial charge on any atom is -0.326 e. The third kappa shape index (κ3) is 4.66. The van der Waals surface area contributed by atoms with Crippen LogP contribution >= 0.6 is 0 Å². The lowest BCUT2D eigenvalue weighted by Gasteiger charge is -2.04. The number of benzene rings is 2. The van der Waals surface area contributed by atoms with Crippen LogP contribution in [0.25, 0.3) is 0 Å². The van der Waals surface area contributed by atoms with E-state index in [0.717, 1.165) is 5.56 Å². The van der Waals surface area contributed by atoms with Gasteiger partial charge in [-0.3, -0.25) is 14.4 Å². The van der Waals surface area contributed by atoms with E-state index < -0.39 is 5.91 Å². The number of anilines is 1. The Morgan fingerprint density at radius 2 is 1.50 bits per heavy atom. The van der Waals surface area contributed by atoms with Crippen molar-refractivity contribution in [1.82, 2.24) is 0 Å². The zero-order valence-corrected chi connectivity index (χ0v) is 12.3. The van der Waals surface area contributed by atoms with Crippen LogP contribution in [0.15, 0.2) is 54.6 Å². The fourth-order valence-electron chi connectivity index (χ4n) is 1.99. The lowest BCUT2D eigenvalue weighted by molar-refractivity contribution is -0.124. The Labute approximate surface area is 129 Å². The summed E-state index contributed by atoms with van der Waals surface area (Å²) in [5.74, 6) is -1.07. The highest BCUT2D eigenvalue weighted by molar-refractivity contribution is 6.13. The van der Waals surface area contributed by atoms with Crippen LogP contribution in [0.3, 0.4) is 0 Å². The summed E-state index contributed by atoms with van der Waals surface area (Å²) in [6, 6.07) is 15.9. The number of ketones is 2. The summed E-state index contributed by atoms with van der Waals surface area (Å²) in [5, 5.41) is 2.62. The molecule has 2 rings (SSSR count). The summed E-state index contributed by atoms with van der Waals surface area (Å²) in [5.41, 5.74) is 2.16. The van der Waals surface area contributed by atoms with Crippen molar-refractivity contribution < 1.29 is 14.4 Å². The third-order valence-electron chi connectivity index (χ3n) is 3.15. The molecule has 0 aliphatic rings. The van der Waals surface area contributed by atoms with E-state index in [9.17, 15) is 14.4 Å². The number of nitrogens with one attached hydrogen (secondary N) is 1. The first-order valence-corrected chi connectivity index (χ1v) is 7.01. The fraction of sp³-hybridized carbons (Fsp3) is 0.167. The Bertz CT molecular complexity index is 675. The summed E-state index contributed by atoms with van der Waals surface area (Å²) in [6.45, 7) is 1.92. The van der Waals surface area contributed by atoms with Gasteiger partial charge in [0.15, 0.2) is 5.78 Å². The summed E-state index contributed by atoms with van der Waals surface area (Å²) in [4.78, 5) is 35.5. The van der Waals surface area contributed by atoms with E-state index in [1.807, 2.05) is 25.1 Å². The summed E-state index contributed by atoms with van der Waals surface area (Å²) < 4.78 is 0. The molecule has 0 spiro atoms. The second-order valence-corrected chi connectivity index (χ2v) is 5.10. The zero-order valence-electron chi connectivity index (χ0n) is 12.3. The third-order valence-corrected chi connectivity index (χ3v) is 3.15. The molecule has 112 valence electrons. The molecular weight excluding hydrogens is 278 g/mol. The summed E-state index contributed by atoms with van der Waals surface area (Å²) in [6.07, 6.45) is -0.558. The molecule has 0 aliphatic heterocycles. The number of hydrogen-bond acceptors (Lipinski definition) is 3. The van der Waals surface area contributed by atoms with Crippen molar-refractivity contribution in [2.45, 2.75) is 19.8 Å². The first-order valence-electron chi connectivity index (χ1n) is 7.01. The molecule has 1 amide bonds. The van der Waals surface area contributed by atoms with Crippen LogP contribution in [0, 0.1) is 6.92 Å². The molecule has 0 fully saturated rings. The molecule has 4 nitrogen and oxygen atoms in total. The minimum atomic E-state index is -0.409. The van der Waals surface area contributed by atoms with Crippen molar-refractivity contribution in [3.8, 4) is 0 Å². The SMILES string of the molecule is Cc1ccc(C(=O)CC(=O)CC(=O)Nc2ccccc2)cc1. The van der Waals surface area contributed by atoms with E-state index in [0.29, 0.717) is 11.3 Å². The Morgan fingerprint density at radius 3 is 2.14 bits per heavy atom. The number of carbonyl (C=O) groups is 3. The highest BCUT2D eigenvalue weighted by atomic mass is 16.2. The van der Waals surface area contributed by atoms with Gasteiger partial charge in [-0.15, -0.1) is 0 Å². The van der Waals surface area contributed by atoms with Gasteiger partial charge in [0.1, 0.15) is 5.78 Å². The van der Waals surface area contributed by atoms with Gasteiger partial charge < -0.3 is 5.32 Å². The monoisotopic (exact) mass is 295 g/mol. The van der Waals surface area contributed by atoms with Crippen molar-refractivity contribution >= 4 is 23.2 Å². The highest BCUT2D eigenvalue weighted by Crippen LogP contribution is 2.09. The first-order chi connectivity index (χ1) is 10.5. The van der Waals surface area contributed by atoms with E-state index in [1.165, 1.54) is 0 Å². The van der Waals surface area contributed by atoms with Gasteiger partial charge in [0.05, 0.1) is 12.8 Å². The van der Waals surface area contributed by atoms with Crippen LogP contribution in [-0.2, 0) is 9.59 Å². The van der Waals surface area contributed by atoms with Gasteiger partial charge in [0.2, 0.25) is 5.91 Å². The molecular formula is C18H17NO3. The molecule has 0 unspecified atom stereocenters. The standard InChI is InChI=1S/C18H17NO3/c1-13-7-9-14(10-8-13)17(21)11-16(20)12-18(22)19-15-5-3-2-4-6-15/h2-10H,11-12H2,1H3,(H,19,22). The predicted octanol–water partition coefficient (Wildman–Crippen LogP) is 3.17. The summed E-state index contributed by atoms with van der Waals surface area (Å²) in [7, 11) is 0. The second-order valence-electron chi connectivity index (χ2n) is 5.10. The summed E-state index contributed by atoms with van der Waals surface area (Å²) >= 11 is 0. The zero-order chi connectivity index (χ0) is 15.9. The number of carbonyl (C=O) groups excluding carboxylic acids is 3. The lowest BCUT2D eigenvalue weighted by Crippen LogP contribution is -2.18. The molecule has 4 heteroatoms. The average Bonchev–Trinajstić information content (AvgIpc) is 2.48. The number of rotatable bonds is 6. The van der Waals surface area contributed by atoms with E-state index >= 15 is 0 Å². The molecule has 0 aromatic heterocycles. The van der Waals surface area contributed by atoms with Crippen molar-refractivity contribution in [2.24, 2.45) is 0 Å². The second kappa shape index (κ2) is 7.31. The maximum Gasteiger partial charge on any atom is 0.231 e. The van der Waals surface area contributed by atoms with E-state index in [1.54, 1.807) is 36.4 Å². The molecule has 22 heavy (non-hydrogen) atoms.